The first-order valence-corrected chi connectivity index (χ1v) is 13.1. The normalized spacial score (nSPS) is 12.3. The van der Waals surface area contributed by atoms with Crippen molar-refractivity contribution in [2.75, 3.05) is 23.7 Å². The van der Waals surface area contributed by atoms with E-state index in [0.717, 1.165) is 21.7 Å². The Bertz CT molecular complexity index is 1020. The van der Waals surface area contributed by atoms with Gasteiger partial charge in [0.2, 0.25) is 21.8 Å². The van der Waals surface area contributed by atoms with Crippen LogP contribution < -0.4 is 9.62 Å². The Hall–Kier alpha value is -2.87. The van der Waals surface area contributed by atoms with Crippen LogP contribution in [0.5, 0.6) is 0 Å². The minimum Gasteiger partial charge on any atom is -0.355 e. The number of rotatable bonds is 11. The third kappa shape index (κ3) is 7.32. The molecule has 180 valence electrons. The van der Waals surface area contributed by atoms with E-state index in [-0.39, 0.29) is 19.0 Å². The molecule has 1 N–H and O–H groups in total. The zero-order valence-electron chi connectivity index (χ0n) is 20.1. The Kier molecular flexibility index (Phi) is 9.46. The number of nitrogens with one attached hydrogen (secondary N) is 1. The highest BCUT2D eigenvalue weighted by Crippen LogP contribution is 2.23. The molecule has 0 saturated carbocycles. The van der Waals surface area contributed by atoms with Gasteiger partial charge in [0, 0.05) is 13.1 Å². The summed E-state index contributed by atoms with van der Waals surface area (Å²) in [5.41, 5.74) is 2.35. The fourth-order valence-corrected chi connectivity index (χ4v) is 4.48. The van der Waals surface area contributed by atoms with Crippen LogP contribution in [0.2, 0.25) is 0 Å². The molecule has 0 heterocycles. The molecule has 0 bridgehead atoms. The van der Waals surface area contributed by atoms with Crippen molar-refractivity contribution in [3.8, 4) is 0 Å². The van der Waals surface area contributed by atoms with E-state index >= 15 is 0 Å². The number of likely N-dealkylation sites (N-methyl/N-ethyl adjacent to an activating group) is 1. The molecule has 0 aliphatic rings. The summed E-state index contributed by atoms with van der Waals surface area (Å²) >= 11 is 0. The van der Waals surface area contributed by atoms with Crippen LogP contribution in [0.3, 0.4) is 0 Å². The van der Waals surface area contributed by atoms with Crippen molar-refractivity contribution in [2.24, 2.45) is 0 Å². The molecular weight excluding hydrogens is 438 g/mol. The molecule has 0 aromatic heterocycles. The van der Waals surface area contributed by atoms with Crippen LogP contribution in [0, 0.1) is 0 Å². The first-order chi connectivity index (χ1) is 15.6. The molecule has 0 radical (unpaired) electrons. The van der Waals surface area contributed by atoms with Crippen molar-refractivity contribution in [3.63, 3.8) is 0 Å². The fraction of sp³-hybridized carbons (Fsp3) is 0.440. The summed E-state index contributed by atoms with van der Waals surface area (Å²) in [7, 11) is -3.73. The van der Waals surface area contributed by atoms with Gasteiger partial charge in [-0.1, -0.05) is 63.2 Å². The zero-order chi connectivity index (χ0) is 24.6. The summed E-state index contributed by atoms with van der Waals surface area (Å²) < 4.78 is 26.3. The maximum atomic E-state index is 13.5. The lowest BCUT2D eigenvalue weighted by atomic mass is 10.0. The highest BCUT2D eigenvalue weighted by atomic mass is 32.2. The summed E-state index contributed by atoms with van der Waals surface area (Å²) in [6, 6.07) is 15.8. The largest absolute Gasteiger partial charge is 0.355 e. The minimum absolute atomic E-state index is 0.208. The van der Waals surface area contributed by atoms with Crippen molar-refractivity contribution in [2.45, 2.75) is 52.6 Å². The van der Waals surface area contributed by atoms with Crippen LogP contribution in [0.1, 0.15) is 51.2 Å². The molecule has 2 rings (SSSR count). The molecule has 0 saturated heterocycles. The van der Waals surface area contributed by atoms with Gasteiger partial charge >= 0.3 is 0 Å². The van der Waals surface area contributed by atoms with Crippen molar-refractivity contribution >= 4 is 27.5 Å². The summed E-state index contributed by atoms with van der Waals surface area (Å²) in [4.78, 5) is 27.7. The summed E-state index contributed by atoms with van der Waals surface area (Å²) in [5.74, 6) is -0.386. The molecule has 1 atom stereocenters. The standard InChI is InChI=1S/C25H35N3O4S/c1-6-23(25(30)26-7-2)27(17-20-11-9-8-10-12-20)24(29)18-28(33(5,31)32)22-15-13-21(14-16-22)19(3)4/h8-16,19,23H,6-7,17-18H2,1-5H3,(H,26,30). The first-order valence-electron chi connectivity index (χ1n) is 11.3. The van der Waals surface area contributed by atoms with E-state index in [1.807, 2.05) is 56.3 Å². The molecule has 7 nitrogen and oxygen atoms in total. The van der Waals surface area contributed by atoms with Gasteiger partial charge in [-0.3, -0.25) is 13.9 Å². The highest BCUT2D eigenvalue weighted by molar-refractivity contribution is 7.92. The smallest absolute Gasteiger partial charge is 0.244 e. The van der Waals surface area contributed by atoms with Gasteiger partial charge in [0.25, 0.3) is 0 Å². The maximum absolute atomic E-state index is 13.5. The van der Waals surface area contributed by atoms with Crippen LogP contribution in [-0.2, 0) is 26.2 Å². The van der Waals surface area contributed by atoms with Crippen molar-refractivity contribution in [3.05, 3.63) is 65.7 Å². The van der Waals surface area contributed by atoms with Gasteiger partial charge < -0.3 is 10.2 Å². The number of sulfonamides is 1. The summed E-state index contributed by atoms with van der Waals surface area (Å²) in [5, 5.41) is 2.79. The minimum atomic E-state index is -3.73. The van der Waals surface area contributed by atoms with Gasteiger partial charge in [0.1, 0.15) is 12.6 Å². The third-order valence-electron chi connectivity index (χ3n) is 5.46. The van der Waals surface area contributed by atoms with Crippen LogP contribution in [0.4, 0.5) is 5.69 Å². The second-order valence-corrected chi connectivity index (χ2v) is 10.2. The Balaban J connectivity index is 2.39. The van der Waals surface area contributed by atoms with Crippen molar-refractivity contribution in [1.82, 2.24) is 10.2 Å². The molecule has 0 aliphatic carbocycles. The van der Waals surface area contributed by atoms with E-state index in [1.165, 1.54) is 4.90 Å². The number of carbonyl (C=O) groups excluding carboxylic acids is 2. The fourth-order valence-electron chi connectivity index (χ4n) is 3.63. The average Bonchev–Trinajstić information content (AvgIpc) is 2.77. The molecule has 2 aromatic carbocycles. The monoisotopic (exact) mass is 473 g/mol. The van der Waals surface area contributed by atoms with Crippen LogP contribution in [0.15, 0.2) is 54.6 Å². The van der Waals surface area contributed by atoms with Crippen molar-refractivity contribution < 1.29 is 18.0 Å². The Morgan fingerprint density at radius 3 is 2.06 bits per heavy atom. The van der Waals surface area contributed by atoms with Gasteiger partial charge in [-0.05, 0) is 42.5 Å². The van der Waals surface area contributed by atoms with E-state index < -0.39 is 22.0 Å². The molecule has 0 spiro atoms. The number of carbonyl (C=O) groups is 2. The highest BCUT2D eigenvalue weighted by Gasteiger charge is 2.31. The summed E-state index contributed by atoms with van der Waals surface area (Å²) in [6.45, 7) is 8.04. The Morgan fingerprint density at radius 1 is 0.970 bits per heavy atom. The predicted molar refractivity (Wildman–Crippen MR) is 132 cm³/mol. The van der Waals surface area contributed by atoms with E-state index in [2.05, 4.69) is 19.2 Å². The van der Waals surface area contributed by atoms with Gasteiger partial charge in [-0.25, -0.2) is 8.42 Å². The Labute approximate surface area is 197 Å². The van der Waals surface area contributed by atoms with Gasteiger partial charge in [0.15, 0.2) is 0 Å². The molecule has 0 fully saturated rings. The topological polar surface area (TPSA) is 86.8 Å². The summed E-state index contributed by atoms with van der Waals surface area (Å²) in [6.07, 6.45) is 1.49. The molecular formula is C25H35N3O4S. The number of hydrogen-bond donors (Lipinski definition) is 1. The van der Waals surface area contributed by atoms with E-state index in [9.17, 15) is 18.0 Å². The number of benzene rings is 2. The molecule has 0 aliphatic heterocycles. The first kappa shape index (κ1) is 26.4. The molecule has 33 heavy (non-hydrogen) atoms. The number of hydrogen-bond acceptors (Lipinski definition) is 4. The lowest BCUT2D eigenvalue weighted by Gasteiger charge is -2.32. The molecule has 2 amide bonds. The van der Waals surface area contributed by atoms with Gasteiger partial charge in [0.05, 0.1) is 11.9 Å². The second-order valence-electron chi connectivity index (χ2n) is 8.34. The number of nitrogens with zero attached hydrogens (tertiary/aromatic N) is 2. The molecule has 8 heteroatoms. The lowest BCUT2D eigenvalue weighted by Crippen LogP contribution is -2.52. The SMILES string of the molecule is CCNC(=O)C(CC)N(Cc1ccccc1)C(=O)CN(c1ccc(C(C)C)cc1)S(C)(=O)=O. The van der Waals surface area contributed by atoms with Gasteiger partial charge in [-0.2, -0.15) is 0 Å². The average molecular weight is 474 g/mol. The number of amides is 2. The second kappa shape index (κ2) is 11.8. The lowest BCUT2D eigenvalue weighted by molar-refractivity contribution is -0.140. The molecule has 2 aromatic rings. The van der Waals surface area contributed by atoms with Gasteiger partial charge in [-0.15, -0.1) is 0 Å². The van der Waals surface area contributed by atoms with Crippen molar-refractivity contribution in [1.29, 1.82) is 0 Å². The zero-order valence-corrected chi connectivity index (χ0v) is 20.9. The van der Waals surface area contributed by atoms with E-state index in [4.69, 9.17) is 0 Å². The van der Waals surface area contributed by atoms with E-state index in [0.29, 0.717) is 24.6 Å². The molecule has 1 unspecified atom stereocenters. The van der Waals surface area contributed by atoms with E-state index in [1.54, 1.807) is 12.1 Å². The van der Waals surface area contributed by atoms with Crippen LogP contribution in [0.25, 0.3) is 0 Å². The quantitative estimate of drug-likeness (QED) is 0.541. The Morgan fingerprint density at radius 2 is 1.58 bits per heavy atom. The predicted octanol–water partition coefficient (Wildman–Crippen LogP) is 3.52. The number of anilines is 1. The van der Waals surface area contributed by atoms with Crippen LogP contribution in [-0.4, -0.2) is 50.5 Å². The third-order valence-corrected chi connectivity index (χ3v) is 6.60. The van der Waals surface area contributed by atoms with Crippen LogP contribution >= 0.6 is 0 Å². The maximum Gasteiger partial charge on any atom is 0.244 e.